The lowest BCUT2D eigenvalue weighted by molar-refractivity contribution is -0.126. The van der Waals surface area contributed by atoms with Crippen LogP contribution in [0.15, 0.2) is 16.8 Å². The van der Waals surface area contributed by atoms with Crippen LogP contribution in [-0.4, -0.2) is 18.7 Å². The van der Waals surface area contributed by atoms with E-state index < -0.39 is 0 Å². The predicted molar refractivity (Wildman–Crippen MR) is 71.4 cm³/mol. The quantitative estimate of drug-likeness (QED) is 0.825. The molecule has 2 nitrogen and oxygen atoms in total. The first-order chi connectivity index (χ1) is 8.38. The molecular weight excluding hydrogens is 230 g/mol. The number of morpholine rings is 1. The molecule has 94 valence electrons. The summed E-state index contributed by atoms with van der Waals surface area (Å²) in [5.74, 6) is 0. The largest absolute Gasteiger partial charge is 0.364 e. The summed E-state index contributed by atoms with van der Waals surface area (Å²) < 4.78 is 6.48. The molecule has 1 spiro atoms. The number of thiophene rings is 1. The highest BCUT2D eigenvalue weighted by atomic mass is 32.1. The van der Waals surface area contributed by atoms with Gasteiger partial charge in [-0.15, -0.1) is 0 Å². The van der Waals surface area contributed by atoms with Crippen molar-refractivity contribution in [2.45, 2.75) is 50.2 Å². The topological polar surface area (TPSA) is 21.3 Å². The van der Waals surface area contributed by atoms with Gasteiger partial charge in [-0.3, -0.25) is 0 Å². The second-order valence-corrected chi connectivity index (χ2v) is 6.17. The molecule has 1 aliphatic carbocycles. The lowest BCUT2D eigenvalue weighted by Gasteiger charge is -2.41. The van der Waals surface area contributed by atoms with E-state index in [0.717, 1.165) is 13.1 Å². The lowest BCUT2D eigenvalue weighted by Crippen LogP contribution is -2.50. The fourth-order valence-corrected chi connectivity index (χ4v) is 3.83. The molecule has 3 heteroatoms. The Bertz CT molecular complexity index is 341. The normalized spacial score (nSPS) is 29.1. The molecule has 0 radical (unpaired) electrons. The van der Waals surface area contributed by atoms with Crippen molar-refractivity contribution in [3.8, 4) is 0 Å². The summed E-state index contributed by atoms with van der Waals surface area (Å²) in [6.07, 6.45) is 8.17. The van der Waals surface area contributed by atoms with Crippen molar-refractivity contribution in [3.05, 3.63) is 22.4 Å². The summed E-state index contributed by atoms with van der Waals surface area (Å²) in [6.45, 7) is 2.02. The zero-order valence-electron chi connectivity index (χ0n) is 10.3. The van der Waals surface area contributed by atoms with E-state index >= 15 is 0 Å². The Balaban J connectivity index is 1.73. The van der Waals surface area contributed by atoms with Crippen LogP contribution in [0.2, 0.25) is 0 Å². The van der Waals surface area contributed by atoms with Gasteiger partial charge in [0.1, 0.15) is 0 Å². The first-order valence-electron chi connectivity index (χ1n) is 6.79. The van der Waals surface area contributed by atoms with Crippen LogP contribution in [0.1, 0.15) is 50.2 Å². The van der Waals surface area contributed by atoms with Crippen molar-refractivity contribution in [1.29, 1.82) is 0 Å². The third kappa shape index (κ3) is 2.56. The van der Waals surface area contributed by atoms with Crippen LogP contribution in [0.4, 0.5) is 0 Å². The van der Waals surface area contributed by atoms with Crippen LogP contribution in [0.5, 0.6) is 0 Å². The third-order valence-corrected chi connectivity index (χ3v) is 4.80. The van der Waals surface area contributed by atoms with Gasteiger partial charge in [0, 0.05) is 13.1 Å². The minimum absolute atomic E-state index is 0.126. The van der Waals surface area contributed by atoms with Crippen molar-refractivity contribution < 1.29 is 4.74 Å². The average Bonchev–Trinajstić information content (AvgIpc) is 2.80. The van der Waals surface area contributed by atoms with Crippen LogP contribution in [0.25, 0.3) is 0 Å². The van der Waals surface area contributed by atoms with Crippen molar-refractivity contribution in [1.82, 2.24) is 5.32 Å². The molecule has 1 atom stereocenters. The van der Waals surface area contributed by atoms with Gasteiger partial charge in [-0.1, -0.05) is 25.7 Å². The SMILES string of the molecule is c1cc(C2CNCC3(CCCCCC3)O2)cs1. The Labute approximate surface area is 107 Å². The van der Waals surface area contributed by atoms with Gasteiger partial charge in [-0.05, 0) is 35.2 Å². The highest BCUT2D eigenvalue weighted by molar-refractivity contribution is 7.07. The van der Waals surface area contributed by atoms with Crippen LogP contribution in [0.3, 0.4) is 0 Å². The van der Waals surface area contributed by atoms with Crippen molar-refractivity contribution in [2.24, 2.45) is 0 Å². The van der Waals surface area contributed by atoms with Crippen LogP contribution in [-0.2, 0) is 4.74 Å². The Kier molecular flexibility index (Phi) is 3.50. The number of hydrogen-bond donors (Lipinski definition) is 1. The Morgan fingerprint density at radius 3 is 2.76 bits per heavy atom. The third-order valence-electron chi connectivity index (χ3n) is 4.10. The molecule has 1 unspecified atom stereocenters. The fourth-order valence-electron chi connectivity index (χ4n) is 3.13. The first kappa shape index (κ1) is 11.7. The van der Waals surface area contributed by atoms with Crippen LogP contribution >= 0.6 is 11.3 Å². The van der Waals surface area contributed by atoms with E-state index in [1.54, 1.807) is 11.3 Å². The summed E-state index contributed by atoms with van der Waals surface area (Å²) in [6, 6.07) is 2.20. The minimum atomic E-state index is 0.126. The molecule has 0 amide bonds. The molecule has 1 saturated heterocycles. The summed E-state index contributed by atoms with van der Waals surface area (Å²) in [5, 5.41) is 7.96. The molecule has 17 heavy (non-hydrogen) atoms. The zero-order valence-corrected chi connectivity index (χ0v) is 11.1. The number of hydrogen-bond acceptors (Lipinski definition) is 3. The smallest absolute Gasteiger partial charge is 0.0965 e. The highest BCUT2D eigenvalue weighted by Gasteiger charge is 2.37. The summed E-state index contributed by atoms with van der Waals surface area (Å²) >= 11 is 1.76. The van der Waals surface area contributed by atoms with E-state index in [4.69, 9.17) is 4.74 Å². The van der Waals surface area contributed by atoms with Gasteiger partial charge >= 0.3 is 0 Å². The van der Waals surface area contributed by atoms with Gasteiger partial charge < -0.3 is 10.1 Å². The summed E-state index contributed by atoms with van der Waals surface area (Å²) in [7, 11) is 0. The molecule has 1 N–H and O–H groups in total. The van der Waals surface area contributed by atoms with Gasteiger partial charge in [-0.25, -0.2) is 0 Å². The minimum Gasteiger partial charge on any atom is -0.364 e. The average molecular weight is 251 g/mol. The molecule has 1 aromatic heterocycles. The molecule has 2 fully saturated rings. The van der Waals surface area contributed by atoms with E-state index in [9.17, 15) is 0 Å². The maximum Gasteiger partial charge on any atom is 0.0965 e. The molecular formula is C14H21NOS. The van der Waals surface area contributed by atoms with E-state index in [0.29, 0.717) is 0 Å². The number of rotatable bonds is 1. The predicted octanol–water partition coefficient (Wildman–Crippen LogP) is 3.50. The molecule has 0 aromatic carbocycles. The maximum absolute atomic E-state index is 6.48. The van der Waals surface area contributed by atoms with Gasteiger partial charge in [0.25, 0.3) is 0 Å². The number of ether oxygens (including phenoxy) is 1. The molecule has 0 bridgehead atoms. The van der Waals surface area contributed by atoms with Crippen LogP contribution in [0, 0.1) is 0 Å². The molecule has 1 aliphatic heterocycles. The maximum atomic E-state index is 6.48. The summed E-state index contributed by atoms with van der Waals surface area (Å²) in [5.41, 5.74) is 1.48. The second kappa shape index (κ2) is 5.09. The molecule has 2 aliphatic rings. The van der Waals surface area contributed by atoms with E-state index in [2.05, 4.69) is 22.1 Å². The van der Waals surface area contributed by atoms with Gasteiger partial charge in [0.05, 0.1) is 11.7 Å². The monoisotopic (exact) mass is 251 g/mol. The fraction of sp³-hybridized carbons (Fsp3) is 0.714. The standard InChI is InChI=1S/C14H21NOS/c1-2-4-7-14(6-3-1)11-15-9-13(16-14)12-5-8-17-10-12/h5,8,10,13,15H,1-4,6-7,9,11H2. The van der Waals surface area contributed by atoms with Gasteiger partial charge in [0.15, 0.2) is 0 Å². The van der Waals surface area contributed by atoms with Crippen molar-refractivity contribution in [3.63, 3.8) is 0 Å². The van der Waals surface area contributed by atoms with Crippen molar-refractivity contribution >= 4 is 11.3 Å². The van der Waals surface area contributed by atoms with Gasteiger partial charge in [0.2, 0.25) is 0 Å². The van der Waals surface area contributed by atoms with Gasteiger partial charge in [-0.2, -0.15) is 11.3 Å². The van der Waals surface area contributed by atoms with Crippen LogP contribution < -0.4 is 5.32 Å². The Morgan fingerprint density at radius 1 is 1.24 bits per heavy atom. The molecule has 1 saturated carbocycles. The molecule has 2 heterocycles. The molecule has 1 aromatic rings. The van der Waals surface area contributed by atoms with E-state index in [1.807, 2.05) is 0 Å². The second-order valence-electron chi connectivity index (χ2n) is 5.39. The highest BCUT2D eigenvalue weighted by Crippen LogP contribution is 2.37. The first-order valence-corrected chi connectivity index (χ1v) is 7.73. The zero-order chi connectivity index (χ0) is 11.6. The molecule has 3 rings (SSSR count). The number of nitrogens with one attached hydrogen (secondary N) is 1. The van der Waals surface area contributed by atoms with Crippen molar-refractivity contribution in [2.75, 3.05) is 13.1 Å². The van der Waals surface area contributed by atoms with E-state index in [1.165, 1.54) is 44.1 Å². The Morgan fingerprint density at radius 2 is 2.06 bits per heavy atom. The lowest BCUT2D eigenvalue weighted by atomic mass is 9.91. The summed E-state index contributed by atoms with van der Waals surface area (Å²) in [4.78, 5) is 0. The van der Waals surface area contributed by atoms with E-state index in [-0.39, 0.29) is 11.7 Å². The Hall–Kier alpha value is -0.380.